The van der Waals surface area contributed by atoms with E-state index in [1.807, 2.05) is 12.1 Å². The first kappa shape index (κ1) is 9.58. The second-order valence-electron chi connectivity index (χ2n) is 2.93. The molecule has 0 N–H and O–H groups in total. The van der Waals surface area contributed by atoms with Crippen molar-refractivity contribution >= 4 is 0 Å². The highest BCUT2D eigenvalue weighted by atomic mass is 16.5. The number of ether oxygens (including phenoxy) is 2. The van der Waals surface area contributed by atoms with Crippen LogP contribution in [0.1, 0.15) is 0 Å². The predicted octanol–water partition coefficient (Wildman–Crippen LogP) is 2.36. The van der Waals surface area contributed by atoms with Gasteiger partial charge in [0.2, 0.25) is 0 Å². The summed E-state index contributed by atoms with van der Waals surface area (Å²) in [5, 5.41) is 0. The molecule has 1 aromatic carbocycles. The molecular formula is C11H11NO3. The van der Waals surface area contributed by atoms with Crippen LogP contribution in [0.5, 0.6) is 11.5 Å². The van der Waals surface area contributed by atoms with Crippen molar-refractivity contribution in [1.29, 1.82) is 0 Å². The monoisotopic (exact) mass is 205 g/mol. The molecule has 2 rings (SSSR count). The first-order valence-corrected chi connectivity index (χ1v) is 4.46. The Morgan fingerprint density at radius 2 is 2.07 bits per heavy atom. The SMILES string of the molecule is COc1ccc(-c2cnco2)c(OC)c1. The summed E-state index contributed by atoms with van der Waals surface area (Å²) in [5.41, 5.74) is 0.857. The Balaban J connectivity index is 2.48. The summed E-state index contributed by atoms with van der Waals surface area (Å²) < 4.78 is 15.6. The summed E-state index contributed by atoms with van der Waals surface area (Å²) in [6, 6.07) is 5.52. The molecule has 0 bridgehead atoms. The van der Waals surface area contributed by atoms with Crippen molar-refractivity contribution in [3.8, 4) is 22.8 Å². The highest BCUT2D eigenvalue weighted by molar-refractivity contribution is 5.66. The van der Waals surface area contributed by atoms with E-state index in [0.717, 1.165) is 11.3 Å². The first-order chi connectivity index (χ1) is 7.35. The van der Waals surface area contributed by atoms with Crippen LogP contribution in [0.15, 0.2) is 35.2 Å². The highest BCUT2D eigenvalue weighted by Crippen LogP contribution is 2.32. The number of oxazole rings is 1. The largest absolute Gasteiger partial charge is 0.497 e. The summed E-state index contributed by atoms with van der Waals surface area (Å²) in [4.78, 5) is 3.86. The van der Waals surface area contributed by atoms with Crippen LogP contribution in [0, 0.1) is 0 Å². The third kappa shape index (κ3) is 1.79. The van der Waals surface area contributed by atoms with Gasteiger partial charge < -0.3 is 13.9 Å². The van der Waals surface area contributed by atoms with Crippen molar-refractivity contribution in [3.63, 3.8) is 0 Å². The fraction of sp³-hybridized carbons (Fsp3) is 0.182. The Morgan fingerprint density at radius 1 is 1.20 bits per heavy atom. The minimum absolute atomic E-state index is 0.675. The van der Waals surface area contributed by atoms with E-state index in [2.05, 4.69) is 4.98 Å². The number of rotatable bonds is 3. The van der Waals surface area contributed by atoms with Crippen LogP contribution >= 0.6 is 0 Å². The van der Waals surface area contributed by atoms with Crippen LogP contribution in [-0.4, -0.2) is 19.2 Å². The van der Waals surface area contributed by atoms with E-state index in [4.69, 9.17) is 13.9 Å². The number of benzene rings is 1. The zero-order valence-corrected chi connectivity index (χ0v) is 8.56. The fourth-order valence-electron chi connectivity index (χ4n) is 1.35. The zero-order chi connectivity index (χ0) is 10.7. The van der Waals surface area contributed by atoms with Gasteiger partial charge in [-0.15, -0.1) is 0 Å². The smallest absolute Gasteiger partial charge is 0.181 e. The van der Waals surface area contributed by atoms with Crippen LogP contribution in [-0.2, 0) is 0 Å². The lowest BCUT2D eigenvalue weighted by Crippen LogP contribution is -1.89. The molecule has 1 aromatic heterocycles. The predicted molar refractivity (Wildman–Crippen MR) is 55.0 cm³/mol. The maximum Gasteiger partial charge on any atom is 0.181 e. The van der Waals surface area contributed by atoms with Gasteiger partial charge in [0.25, 0.3) is 0 Å². The van der Waals surface area contributed by atoms with Gasteiger partial charge in [0, 0.05) is 6.07 Å². The summed E-state index contributed by atoms with van der Waals surface area (Å²) in [6.07, 6.45) is 3.03. The quantitative estimate of drug-likeness (QED) is 0.771. The van der Waals surface area contributed by atoms with Crippen LogP contribution in [0.2, 0.25) is 0 Å². The van der Waals surface area contributed by atoms with Gasteiger partial charge in [0.15, 0.2) is 12.2 Å². The van der Waals surface area contributed by atoms with Crippen LogP contribution in [0.3, 0.4) is 0 Å². The molecule has 1 heterocycles. The molecule has 15 heavy (non-hydrogen) atoms. The van der Waals surface area contributed by atoms with E-state index in [1.165, 1.54) is 6.39 Å². The summed E-state index contributed by atoms with van der Waals surface area (Å²) in [7, 11) is 3.22. The van der Waals surface area contributed by atoms with Gasteiger partial charge in [0.05, 0.1) is 26.0 Å². The Hall–Kier alpha value is -1.97. The molecule has 0 aliphatic rings. The van der Waals surface area contributed by atoms with Crippen molar-refractivity contribution < 1.29 is 13.9 Å². The average molecular weight is 205 g/mol. The molecular weight excluding hydrogens is 194 g/mol. The van der Waals surface area contributed by atoms with E-state index in [9.17, 15) is 0 Å². The number of aromatic nitrogens is 1. The zero-order valence-electron chi connectivity index (χ0n) is 8.56. The molecule has 0 fully saturated rings. The number of nitrogens with zero attached hydrogens (tertiary/aromatic N) is 1. The molecule has 0 aliphatic carbocycles. The van der Waals surface area contributed by atoms with Crippen LogP contribution in [0.25, 0.3) is 11.3 Å². The molecule has 0 saturated heterocycles. The lowest BCUT2D eigenvalue weighted by Gasteiger charge is -2.07. The molecule has 0 atom stereocenters. The van der Waals surface area contributed by atoms with E-state index >= 15 is 0 Å². The molecule has 0 radical (unpaired) electrons. The van der Waals surface area contributed by atoms with Crippen molar-refractivity contribution in [2.24, 2.45) is 0 Å². The Kier molecular flexibility index (Phi) is 2.58. The third-order valence-electron chi connectivity index (χ3n) is 2.11. The number of methoxy groups -OCH3 is 2. The molecule has 2 aromatic rings. The normalized spacial score (nSPS) is 10.0. The Morgan fingerprint density at radius 3 is 2.67 bits per heavy atom. The second-order valence-corrected chi connectivity index (χ2v) is 2.93. The van der Waals surface area contributed by atoms with Gasteiger partial charge in [-0.25, -0.2) is 4.98 Å². The van der Waals surface area contributed by atoms with Crippen molar-refractivity contribution in [3.05, 3.63) is 30.8 Å². The minimum Gasteiger partial charge on any atom is -0.497 e. The molecule has 0 aliphatic heterocycles. The Labute approximate surface area is 87.5 Å². The molecule has 4 heteroatoms. The third-order valence-corrected chi connectivity index (χ3v) is 2.11. The van der Waals surface area contributed by atoms with E-state index in [-0.39, 0.29) is 0 Å². The topological polar surface area (TPSA) is 44.5 Å². The Bertz CT molecular complexity index is 437. The maximum absolute atomic E-state index is 5.24. The van der Waals surface area contributed by atoms with Gasteiger partial charge in [-0.2, -0.15) is 0 Å². The van der Waals surface area contributed by atoms with Gasteiger partial charge >= 0.3 is 0 Å². The highest BCUT2D eigenvalue weighted by Gasteiger charge is 2.09. The maximum atomic E-state index is 5.24. The van der Waals surface area contributed by atoms with Crippen LogP contribution in [0.4, 0.5) is 0 Å². The molecule has 0 unspecified atom stereocenters. The summed E-state index contributed by atoms with van der Waals surface area (Å²) >= 11 is 0. The lowest BCUT2D eigenvalue weighted by atomic mass is 10.1. The van der Waals surface area contributed by atoms with E-state index < -0.39 is 0 Å². The van der Waals surface area contributed by atoms with E-state index in [0.29, 0.717) is 11.5 Å². The fourth-order valence-corrected chi connectivity index (χ4v) is 1.35. The number of hydrogen-bond acceptors (Lipinski definition) is 4. The standard InChI is InChI=1S/C11H11NO3/c1-13-8-3-4-9(10(5-8)14-2)11-6-12-7-15-11/h3-7H,1-2H3. The van der Waals surface area contributed by atoms with Crippen LogP contribution < -0.4 is 9.47 Å². The molecule has 0 saturated carbocycles. The average Bonchev–Trinajstić information content (AvgIpc) is 2.81. The minimum atomic E-state index is 0.675. The van der Waals surface area contributed by atoms with Crippen molar-refractivity contribution in [1.82, 2.24) is 4.98 Å². The lowest BCUT2D eigenvalue weighted by molar-refractivity contribution is 0.394. The van der Waals surface area contributed by atoms with Crippen molar-refractivity contribution in [2.75, 3.05) is 14.2 Å². The molecule has 0 spiro atoms. The summed E-state index contributed by atoms with van der Waals surface area (Å²) in [5.74, 6) is 2.12. The summed E-state index contributed by atoms with van der Waals surface area (Å²) in [6.45, 7) is 0. The van der Waals surface area contributed by atoms with Gasteiger partial charge in [-0.1, -0.05) is 0 Å². The van der Waals surface area contributed by atoms with Gasteiger partial charge in [-0.05, 0) is 12.1 Å². The van der Waals surface area contributed by atoms with Gasteiger partial charge in [0.1, 0.15) is 11.5 Å². The van der Waals surface area contributed by atoms with Crippen molar-refractivity contribution in [2.45, 2.75) is 0 Å². The molecule has 78 valence electrons. The first-order valence-electron chi connectivity index (χ1n) is 4.46. The molecule has 0 amide bonds. The molecule has 4 nitrogen and oxygen atoms in total. The number of hydrogen-bond donors (Lipinski definition) is 0. The second kappa shape index (κ2) is 4.04. The van der Waals surface area contributed by atoms with Gasteiger partial charge in [-0.3, -0.25) is 0 Å². The van der Waals surface area contributed by atoms with E-state index in [1.54, 1.807) is 26.5 Å².